The highest BCUT2D eigenvalue weighted by atomic mass is 32.1. The number of carbonyl (C=O) groups excluding carboxylic acids is 1. The van der Waals surface area contributed by atoms with Gasteiger partial charge in [0.1, 0.15) is 0 Å². The molecule has 1 aromatic rings. The van der Waals surface area contributed by atoms with Gasteiger partial charge in [0.2, 0.25) is 0 Å². The molecule has 0 fully saturated rings. The summed E-state index contributed by atoms with van der Waals surface area (Å²) in [4.78, 5) is 13.5. The van der Waals surface area contributed by atoms with E-state index in [0.29, 0.717) is 0 Å². The molecule has 3 nitrogen and oxygen atoms in total. The number of nitrogens with one attached hydrogen (secondary N) is 1. The molecule has 0 radical (unpaired) electrons. The molecule has 15 heavy (non-hydrogen) atoms. The fourth-order valence-corrected chi connectivity index (χ4v) is 3.34. The number of hydrogen-bond acceptors (Lipinski definition) is 3. The second-order valence-corrected chi connectivity index (χ2v) is 5.19. The van der Waals surface area contributed by atoms with Crippen molar-refractivity contribution in [2.45, 2.75) is 32.6 Å². The Bertz CT molecular complexity index is 373. The molecule has 1 amide bonds. The third-order valence-corrected chi connectivity index (χ3v) is 4.32. The summed E-state index contributed by atoms with van der Waals surface area (Å²) < 4.78 is 0. The zero-order chi connectivity index (χ0) is 10.8. The summed E-state index contributed by atoms with van der Waals surface area (Å²) in [5.74, 6) is 5.75. The van der Waals surface area contributed by atoms with Crippen molar-refractivity contribution in [1.82, 2.24) is 5.43 Å². The van der Waals surface area contributed by atoms with E-state index in [2.05, 4.69) is 12.3 Å². The lowest BCUT2D eigenvalue weighted by Gasteiger charge is -2.19. The molecule has 3 N–H and O–H groups in total. The van der Waals surface area contributed by atoms with Crippen LogP contribution in [0.25, 0.3) is 0 Å². The second-order valence-electron chi connectivity index (χ2n) is 4.05. The molecular weight excluding hydrogens is 208 g/mol. The smallest absolute Gasteiger partial charge is 0.275 e. The van der Waals surface area contributed by atoms with Gasteiger partial charge in [-0.1, -0.05) is 13.3 Å². The SMILES string of the molecule is CC[C@@H]1CCc2cc(C(=O)NN)sc2C1. The van der Waals surface area contributed by atoms with Crippen LogP contribution < -0.4 is 11.3 Å². The van der Waals surface area contributed by atoms with E-state index in [4.69, 9.17) is 5.84 Å². The van der Waals surface area contributed by atoms with Crippen LogP contribution in [-0.4, -0.2) is 5.91 Å². The van der Waals surface area contributed by atoms with Crippen molar-refractivity contribution in [1.29, 1.82) is 0 Å². The number of amides is 1. The summed E-state index contributed by atoms with van der Waals surface area (Å²) in [5.41, 5.74) is 3.54. The lowest BCUT2D eigenvalue weighted by atomic mass is 9.87. The molecule has 0 aromatic carbocycles. The first-order valence-corrected chi connectivity index (χ1v) is 6.18. The molecule has 1 aliphatic rings. The summed E-state index contributed by atoms with van der Waals surface area (Å²) in [6, 6.07) is 1.99. The zero-order valence-electron chi connectivity index (χ0n) is 8.88. The van der Waals surface area contributed by atoms with E-state index in [0.717, 1.165) is 23.6 Å². The zero-order valence-corrected chi connectivity index (χ0v) is 9.69. The van der Waals surface area contributed by atoms with Crippen LogP contribution in [0, 0.1) is 5.92 Å². The van der Waals surface area contributed by atoms with E-state index in [9.17, 15) is 4.79 Å². The normalized spacial score (nSPS) is 19.7. The number of hydrogen-bond donors (Lipinski definition) is 2. The lowest BCUT2D eigenvalue weighted by molar-refractivity contribution is 0.0957. The standard InChI is InChI=1S/C11H16N2OS/c1-2-7-3-4-8-6-10(11(14)13-12)15-9(8)5-7/h6-7H,2-5,12H2,1H3,(H,13,14)/t7-/m1/s1. The van der Waals surface area contributed by atoms with Gasteiger partial charge >= 0.3 is 0 Å². The van der Waals surface area contributed by atoms with Crippen LogP contribution in [0.4, 0.5) is 0 Å². The Morgan fingerprint density at radius 1 is 1.73 bits per heavy atom. The van der Waals surface area contributed by atoms with Gasteiger partial charge in [-0.25, -0.2) is 5.84 Å². The minimum absolute atomic E-state index is 0.164. The molecule has 82 valence electrons. The van der Waals surface area contributed by atoms with Gasteiger partial charge in [0.15, 0.2) is 0 Å². The number of hydrazine groups is 1. The average Bonchev–Trinajstić information content (AvgIpc) is 2.70. The molecule has 0 spiro atoms. The van der Waals surface area contributed by atoms with Crippen LogP contribution in [0.1, 0.15) is 39.9 Å². The summed E-state index contributed by atoms with van der Waals surface area (Å²) in [7, 11) is 0. The van der Waals surface area contributed by atoms with Crippen LogP contribution in [0.2, 0.25) is 0 Å². The Hall–Kier alpha value is -0.870. The molecule has 0 saturated heterocycles. The number of nitrogen functional groups attached to an aromatic ring is 1. The van der Waals surface area contributed by atoms with Crippen LogP contribution in [0.5, 0.6) is 0 Å². The van der Waals surface area contributed by atoms with Crippen LogP contribution in [0.15, 0.2) is 6.07 Å². The highest BCUT2D eigenvalue weighted by Crippen LogP contribution is 2.33. The van der Waals surface area contributed by atoms with Crippen LogP contribution in [0.3, 0.4) is 0 Å². The van der Waals surface area contributed by atoms with Crippen molar-refractivity contribution < 1.29 is 4.79 Å². The second kappa shape index (κ2) is 4.33. The molecular formula is C11H16N2OS. The first kappa shape index (κ1) is 10.6. The molecule has 1 heterocycles. The number of aryl methyl sites for hydroxylation is 1. The van der Waals surface area contributed by atoms with Crippen LogP contribution >= 0.6 is 11.3 Å². The van der Waals surface area contributed by atoms with Crippen molar-refractivity contribution in [2.24, 2.45) is 11.8 Å². The minimum Gasteiger partial charge on any atom is -0.289 e. The van der Waals surface area contributed by atoms with Crippen molar-refractivity contribution in [2.75, 3.05) is 0 Å². The van der Waals surface area contributed by atoms with Gasteiger partial charge in [-0.3, -0.25) is 10.2 Å². The fraction of sp³-hybridized carbons (Fsp3) is 0.545. The average molecular weight is 224 g/mol. The van der Waals surface area contributed by atoms with Gasteiger partial charge in [0, 0.05) is 4.88 Å². The van der Waals surface area contributed by atoms with Crippen molar-refractivity contribution >= 4 is 17.2 Å². The monoisotopic (exact) mass is 224 g/mol. The van der Waals surface area contributed by atoms with Crippen molar-refractivity contribution in [3.8, 4) is 0 Å². The Labute approximate surface area is 93.6 Å². The Morgan fingerprint density at radius 2 is 2.53 bits per heavy atom. The maximum Gasteiger partial charge on any atom is 0.275 e. The highest BCUT2D eigenvalue weighted by Gasteiger charge is 2.21. The highest BCUT2D eigenvalue weighted by molar-refractivity contribution is 7.14. The Morgan fingerprint density at radius 3 is 3.20 bits per heavy atom. The van der Waals surface area contributed by atoms with Crippen LogP contribution in [-0.2, 0) is 12.8 Å². The third-order valence-electron chi connectivity index (χ3n) is 3.12. The van der Waals surface area contributed by atoms with E-state index in [1.165, 1.54) is 23.3 Å². The van der Waals surface area contributed by atoms with Gasteiger partial charge in [0.05, 0.1) is 4.88 Å². The van der Waals surface area contributed by atoms with E-state index in [1.807, 2.05) is 6.07 Å². The molecule has 0 saturated carbocycles. The van der Waals surface area contributed by atoms with Gasteiger partial charge < -0.3 is 0 Å². The molecule has 1 aliphatic carbocycles. The molecule has 1 atom stereocenters. The molecule has 0 bridgehead atoms. The predicted octanol–water partition coefficient (Wildman–Crippen LogP) is 1.87. The molecule has 0 aliphatic heterocycles. The fourth-order valence-electron chi connectivity index (χ4n) is 2.11. The van der Waals surface area contributed by atoms with Crippen molar-refractivity contribution in [3.63, 3.8) is 0 Å². The third kappa shape index (κ3) is 2.06. The Kier molecular flexibility index (Phi) is 3.07. The quantitative estimate of drug-likeness (QED) is 0.458. The number of fused-ring (bicyclic) bond motifs is 1. The van der Waals surface area contributed by atoms with Gasteiger partial charge in [-0.15, -0.1) is 11.3 Å². The number of nitrogens with two attached hydrogens (primary N) is 1. The number of rotatable bonds is 2. The first-order valence-electron chi connectivity index (χ1n) is 5.37. The van der Waals surface area contributed by atoms with Gasteiger partial charge in [-0.05, 0) is 36.8 Å². The summed E-state index contributed by atoms with van der Waals surface area (Å²) in [6.07, 6.45) is 4.73. The number of carbonyl (C=O) groups is 1. The summed E-state index contributed by atoms with van der Waals surface area (Å²) >= 11 is 1.60. The van der Waals surface area contributed by atoms with Crippen molar-refractivity contribution in [3.05, 3.63) is 21.4 Å². The molecule has 4 heteroatoms. The first-order chi connectivity index (χ1) is 7.24. The van der Waals surface area contributed by atoms with E-state index < -0.39 is 0 Å². The molecule has 1 aromatic heterocycles. The number of thiophene rings is 1. The lowest BCUT2D eigenvalue weighted by Crippen LogP contribution is -2.29. The minimum atomic E-state index is -0.164. The van der Waals surface area contributed by atoms with E-state index >= 15 is 0 Å². The largest absolute Gasteiger partial charge is 0.289 e. The maximum absolute atomic E-state index is 11.4. The molecule has 0 unspecified atom stereocenters. The maximum atomic E-state index is 11.4. The summed E-state index contributed by atoms with van der Waals surface area (Å²) in [6.45, 7) is 2.23. The predicted molar refractivity (Wildman–Crippen MR) is 61.8 cm³/mol. The van der Waals surface area contributed by atoms with Gasteiger partial charge in [0.25, 0.3) is 5.91 Å². The topological polar surface area (TPSA) is 55.1 Å². The Balaban J connectivity index is 2.21. The molecule has 2 rings (SSSR count). The summed E-state index contributed by atoms with van der Waals surface area (Å²) in [5, 5.41) is 0. The van der Waals surface area contributed by atoms with E-state index in [-0.39, 0.29) is 5.91 Å². The van der Waals surface area contributed by atoms with E-state index in [1.54, 1.807) is 11.3 Å². The van der Waals surface area contributed by atoms with Gasteiger partial charge in [-0.2, -0.15) is 0 Å².